The number of carboxylic acid groups (broad SMARTS) is 1. The Morgan fingerprint density at radius 3 is 2.80 bits per heavy atom. The summed E-state index contributed by atoms with van der Waals surface area (Å²) in [7, 11) is 0. The van der Waals surface area contributed by atoms with E-state index in [1.807, 2.05) is 4.90 Å². The van der Waals surface area contributed by atoms with Crippen molar-refractivity contribution in [1.29, 1.82) is 0 Å². The van der Waals surface area contributed by atoms with E-state index in [1.54, 1.807) is 13.8 Å². The maximum absolute atomic E-state index is 10.9. The highest BCUT2D eigenvalue weighted by atomic mass is 16.5. The number of hydrogen-bond acceptors (Lipinski definition) is 4. The summed E-state index contributed by atoms with van der Waals surface area (Å²) in [6.07, 6.45) is -0.177. The van der Waals surface area contributed by atoms with Crippen LogP contribution in [-0.2, 0) is 9.53 Å². The van der Waals surface area contributed by atoms with Gasteiger partial charge in [0.1, 0.15) is 0 Å². The number of hydrogen-bond donors (Lipinski definition) is 2. The third-order valence-electron chi connectivity index (χ3n) is 2.62. The quantitative estimate of drug-likeness (QED) is 0.682. The second-order valence-electron chi connectivity index (χ2n) is 4.60. The lowest BCUT2D eigenvalue weighted by Crippen LogP contribution is -2.48. The largest absolute Gasteiger partial charge is 0.481 e. The Labute approximate surface area is 89.6 Å². The minimum atomic E-state index is -0.797. The lowest BCUT2D eigenvalue weighted by Gasteiger charge is -2.35. The van der Waals surface area contributed by atoms with Crippen LogP contribution in [0.1, 0.15) is 13.8 Å². The number of nitrogens with zero attached hydrogens (tertiary/aromatic N) is 1. The third kappa shape index (κ3) is 3.44. The zero-order chi connectivity index (χ0) is 11.5. The summed E-state index contributed by atoms with van der Waals surface area (Å²) < 4.78 is 5.29. The zero-order valence-corrected chi connectivity index (χ0v) is 9.27. The molecular weight excluding hydrogens is 198 g/mol. The van der Waals surface area contributed by atoms with Gasteiger partial charge >= 0.3 is 5.97 Å². The summed E-state index contributed by atoms with van der Waals surface area (Å²) in [5, 5.41) is 17.9. The third-order valence-corrected chi connectivity index (χ3v) is 2.62. The number of morpholine rings is 1. The van der Waals surface area contributed by atoms with Gasteiger partial charge in [-0.3, -0.25) is 9.69 Å². The van der Waals surface area contributed by atoms with Gasteiger partial charge in [-0.1, -0.05) is 0 Å². The van der Waals surface area contributed by atoms with E-state index in [-0.39, 0.29) is 12.7 Å². The van der Waals surface area contributed by atoms with Crippen LogP contribution in [-0.4, -0.2) is 60.0 Å². The highest BCUT2D eigenvalue weighted by Gasteiger charge is 2.31. The lowest BCUT2D eigenvalue weighted by molar-refractivity contribution is -0.149. The number of ether oxygens (including phenoxy) is 1. The Morgan fingerprint density at radius 1 is 1.60 bits per heavy atom. The van der Waals surface area contributed by atoms with Gasteiger partial charge in [-0.25, -0.2) is 0 Å². The number of carbonyl (C=O) groups is 1. The van der Waals surface area contributed by atoms with Crippen molar-refractivity contribution in [3.63, 3.8) is 0 Å². The molecule has 1 heterocycles. The van der Waals surface area contributed by atoms with Gasteiger partial charge in [-0.05, 0) is 13.8 Å². The molecule has 0 aromatic rings. The van der Waals surface area contributed by atoms with E-state index in [0.29, 0.717) is 19.7 Å². The standard InChI is InChI=1S/C10H19NO4/c1-10(2,9(13)14)7-11-3-4-15-8(5-11)6-12/h8,12H,3-7H2,1-2H3,(H,13,14). The highest BCUT2D eigenvalue weighted by molar-refractivity contribution is 5.73. The molecule has 0 aliphatic carbocycles. The maximum Gasteiger partial charge on any atom is 0.310 e. The average molecular weight is 217 g/mol. The first-order valence-electron chi connectivity index (χ1n) is 5.14. The first-order chi connectivity index (χ1) is 6.95. The topological polar surface area (TPSA) is 70.0 Å². The summed E-state index contributed by atoms with van der Waals surface area (Å²) in [6.45, 7) is 5.78. The SMILES string of the molecule is CC(C)(CN1CCOC(CO)C1)C(=O)O. The molecule has 0 aromatic heterocycles. The Morgan fingerprint density at radius 2 is 2.27 bits per heavy atom. The van der Waals surface area contributed by atoms with Crippen LogP contribution >= 0.6 is 0 Å². The fourth-order valence-electron chi connectivity index (χ4n) is 1.66. The zero-order valence-electron chi connectivity index (χ0n) is 9.27. The van der Waals surface area contributed by atoms with Gasteiger partial charge < -0.3 is 14.9 Å². The van der Waals surface area contributed by atoms with Crippen molar-refractivity contribution in [3.05, 3.63) is 0 Å². The molecule has 1 fully saturated rings. The number of aliphatic hydroxyl groups excluding tert-OH is 1. The molecule has 0 aromatic carbocycles. The van der Waals surface area contributed by atoms with Crippen LogP contribution in [0, 0.1) is 5.41 Å². The fraction of sp³-hybridized carbons (Fsp3) is 0.900. The second-order valence-corrected chi connectivity index (χ2v) is 4.60. The van der Waals surface area contributed by atoms with E-state index in [9.17, 15) is 4.79 Å². The van der Waals surface area contributed by atoms with Crippen molar-refractivity contribution in [2.75, 3.05) is 32.8 Å². The minimum Gasteiger partial charge on any atom is -0.481 e. The van der Waals surface area contributed by atoms with Crippen LogP contribution in [0.2, 0.25) is 0 Å². The molecule has 2 N–H and O–H groups in total. The number of aliphatic hydroxyl groups is 1. The monoisotopic (exact) mass is 217 g/mol. The van der Waals surface area contributed by atoms with Gasteiger partial charge in [-0.15, -0.1) is 0 Å². The molecular formula is C10H19NO4. The molecule has 5 heteroatoms. The minimum absolute atomic E-state index is 0.00992. The van der Waals surface area contributed by atoms with Crippen LogP contribution in [0.5, 0.6) is 0 Å². The van der Waals surface area contributed by atoms with E-state index in [2.05, 4.69) is 0 Å². The van der Waals surface area contributed by atoms with Crippen molar-refractivity contribution in [2.45, 2.75) is 20.0 Å². The van der Waals surface area contributed by atoms with Crippen LogP contribution in [0.15, 0.2) is 0 Å². The summed E-state index contributed by atoms with van der Waals surface area (Å²) in [4.78, 5) is 13.0. The van der Waals surface area contributed by atoms with E-state index in [4.69, 9.17) is 14.9 Å². The number of carboxylic acids is 1. The molecule has 1 rings (SSSR count). The van der Waals surface area contributed by atoms with Gasteiger partial charge in [0.15, 0.2) is 0 Å². The average Bonchev–Trinajstić information content (AvgIpc) is 2.17. The van der Waals surface area contributed by atoms with Gasteiger partial charge in [0.05, 0.1) is 24.7 Å². The van der Waals surface area contributed by atoms with E-state index >= 15 is 0 Å². The van der Waals surface area contributed by atoms with Crippen molar-refractivity contribution < 1.29 is 19.7 Å². The summed E-state index contributed by atoms with van der Waals surface area (Å²) >= 11 is 0. The first kappa shape index (κ1) is 12.4. The normalized spacial score (nSPS) is 24.1. The van der Waals surface area contributed by atoms with Crippen LogP contribution < -0.4 is 0 Å². The Kier molecular flexibility index (Phi) is 4.07. The second kappa shape index (κ2) is 4.92. The van der Waals surface area contributed by atoms with Crippen LogP contribution in [0.3, 0.4) is 0 Å². The lowest BCUT2D eigenvalue weighted by atomic mass is 9.93. The predicted molar refractivity (Wildman–Crippen MR) is 54.7 cm³/mol. The van der Waals surface area contributed by atoms with Crippen molar-refractivity contribution in [1.82, 2.24) is 4.90 Å². The molecule has 1 aliphatic rings. The molecule has 15 heavy (non-hydrogen) atoms. The van der Waals surface area contributed by atoms with Gasteiger partial charge in [0, 0.05) is 19.6 Å². The molecule has 5 nitrogen and oxygen atoms in total. The summed E-state index contributed by atoms with van der Waals surface area (Å²) in [6, 6.07) is 0. The molecule has 1 atom stereocenters. The Bertz CT molecular complexity index is 229. The summed E-state index contributed by atoms with van der Waals surface area (Å²) in [5.41, 5.74) is -0.753. The van der Waals surface area contributed by atoms with Gasteiger partial charge in [0.2, 0.25) is 0 Å². The van der Waals surface area contributed by atoms with Crippen molar-refractivity contribution in [3.8, 4) is 0 Å². The van der Waals surface area contributed by atoms with E-state index in [1.165, 1.54) is 0 Å². The molecule has 0 saturated carbocycles. The molecule has 1 aliphatic heterocycles. The summed E-state index contributed by atoms with van der Waals surface area (Å²) in [5.74, 6) is -0.797. The number of rotatable bonds is 4. The van der Waals surface area contributed by atoms with E-state index < -0.39 is 11.4 Å². The van der Waals surface area contributed by atoms with Crippen molar-refractivity contribution in [2.24, 2.45) is 5.41 Å². The molecule has 0 bridgehead atoms. The Hall–Kier alpha value is -0.650. The molecule has 0 radical (unpaired) electrons. The molecule has 88 valence electrons. The fourth-order valence-corrected chi connectivity index (χ4v) is 1.66. The first-order valence-corrected chi connectivity index (χ1v) is 5.14. The molecule has 1 unspecified atom stereocenters. The number of aliphatic carboxylic acids is 1. The predicted octanol–water partition coefficient (Wildman–Crippen LogP) is -0.210. The highest BCUT2D eigenvalue weighted by Crippen LogP contribution is 2.18. The smallest absolute Gasteiger partial charge is 0.310 e. The molecule has 0 amide bonds. The molecule has 0 spiro atoms. The molecule has 1 saturated heterocycles. The van der Waals surface area contributed by atoms with Crippen LogP contribution in [0.4, 0.5) is 0 Å². The van der Waals surface area contributed by atoms with Crippen LogP contribution in [0.25, 0.3) is 0 Å². The van der Waals surface area contributed by atoms with Gasteiger partial charge in [0.25, 0.3) is 0 Å². The Balaban J connectivity index is 2.47. The van der Waals surface area contributed by atoms with Crippen molar-refractivity contribution >= 4 is 5.97 Å². The maximum atomic E-state index is 10.9. The van der Waals surface area contributed by atoms with Gasteiger partial charge in [-0.2, -0.15) is 0 Å². The van der Waals surface area contributed by atoms with E-state index in [0.717, 1.165) is 6.54 Å².